The number of hydrogen-bond donors (Lipinski definition) is 1. The predicted octanol–water partition coefficient (Wildman–Crippen LogP) is 12.4. The third-order valence-electron chi connectivity index (χ3n) is 12.4. The fourth-order valence-electron chi connectivity index (χ4n) is 8.00. The zero-order valence-corrected chi connectivity index (χ0v) is 48.3. The smallest absolute Gasteiger partial charge is 0.170 e. The molecular weight excluding hydrogens is 1100 g/mol. The number of carbonyl (C=O) groups excluding carboxylic acids is 6. The van der Waals surface area contributed by atoms with Gasteiger partial charge in [-0.2, -0.15) is 0 Å². The molecule has 14 nitrogen and oxygen atoms in total. The molecule has 0 spiro atoms. The lowest BCUT2D eigenvalue weighted by Gasteiger charge is -2.15. The molecule has 0 radical (unpaired) electrons. The normalized spacial score (nSPS) is 12.3. The van der Waals surface area contributed by atoms with Crippen LogP contribution in [0.25, 0.3) is 29.1 Å². The Kier molecular flexibility index (Phi) is 23.7. The van der Waals surface area contributed by atoms with Crippen LogP contribution in [0.15, 0.2) is 143 Å². The Balaban J connectivity index is 0.000000178. The van der Waals surface area contributed by atoms with Crippen LogP contribution < -0.4 is 34.2 Å². The molecule has 10 rings (SSSR count). The summed E-state index contributed by atoms with van der Waals surface area (Å²) < 4.78 is 31.3. The van der Waals surface area contributed by atoms with Gasteiger partial charge >= 0.3 is 0 Å². The highest BCUT2D eigenvalue weighted by atomic mass is 79.9. The van der Waals surface area contributed by atoms with Gasteiger partial charge in [0.15, 0.2) is 29.9 Å². The number of benzene rings is 6. The molecule has 6 aromatic carbocycles. The van der Waals surface area contributed by atoms with Gasteiger partial charge in [-0.05, 0) is 184 Å². The summed E-state index contributed by atoms with van der Waals surface area (Å²) in [5.41, 5.74) is 16.3. The molecule has 3 aliphatic carbocycles. The number of fused-ring (bicyclic) bond motifs is 4. The molecular formula is C64H62BrClN2O12. The lowest BCUT2D eigenvalue weighted by atomic mass is 9.92. The Labute approximate surface area is 479 Å². The number of rotatable bonds is 10. The number of Topliss-reactive ketones (excluding diaryl/α,β-unsaturated/α-hetero) is 4. The maximum atomic E-state index is 11.5. The van der Waals surface area contributed by atoms with Crippen molar-refractivity contribution >= 4 is 98.1 Å². The number of aromatic nitrogens is 1. The molecule has 0 bridgehead atoms. The van der Waals surface area contributed by atoms with Gasteiger partial charge in [-0.15, -0.1) is 0 Å². The standard InChI is InChI=1S/C12H11BrO2.C12H10O3.C12H12O2.C11H8ClNO2.C10H12O2.C7H9NO/c1-7-3-8-4-10(13)12(15-2)6-9(8)5-11(7)14;1-15-11-3-2-8-4-10(7-13)12(14)6-9(8)5-11;1-8-5-9-3-4-11(14-2)6-10(9)7-12(8)13;1-15-9-3-2-7-4-8(6-14)11(12)13-10(7)5-9;1-8(11)6-9-4-3-5-10(7-9)12-2;1-9-7-4-2-3-6(8)5-7/h3-4,6H,5H2,1-2H3;2-5,7H,6H2,1H3;3-6H,7H2,1-2H3;2-6H,1H3;3-5,7H,6H2,1-2H3;2-5H,8H2,1H3. The zero-order valence-electron chi connectivity index (χ0n) is 45.9. The molecule has 0 unspecified atom stereocenters. The monoisotopic (exact) mass is 1160 g/mol. The fourth-order valence-corrected chi connectivity index (χ4v) is 8.71. The van der Waals surface area contributed by atoms with Crippen molar-refractivity contribution in [3.8, 4) is 34.5 Å². The van der Waals surface area contributed by atoms with Crippen molar-refractivity contribution in [1.82, 2.24) is 4.98 Å². The van der Waals surface area contributed by atoms with Crippen molar-refractivity contribution in [2.24, 2.45) is 0 Å². The molecule has 16 heteroatoms. The van der Waals surface area contributed by atoms with Crippen molar-refractivity contribution in [2.75, 3.05) is 48.4 Å². The van der Waals surface area contributed by atoms with Gasteiger partial charge in [-0.25, -0.2) is 4.98 Å². The number of hydrogen-bond acceptors (Lipinski definition) is 14. The maximum Gasteiger partial charge on any atom is 0.170 e. The van der Waals surface area contributed by atoms with Crippen molar-refractivity contribution in [1.29, 1.82) is 0 Å². The summed E-state index contributed by atoms with van der Waals surface area (Å²) in [4.78, 5) is 70.5. The summed E-state index contributed by atoms with van der Waals surface area (Å²) in [7, 11) is 9.66. The quantitative estimate of drug-likeness (QED) is 0.0587. The predicted molar refractivity (Wildman–Crippen MR) is 318 cm³/mol. The molecule has 0 fully saturated rings. The summed E-state index contributed by atoms with van der Waals surface area (Å²) >= 11 is 9.25. The molecule has 3 aliphatic rings. The SMILES string of the molecule is COc1cc2c(cc1Br)C=C(C)C(=O)C2.COc1ccc2c(c1)CC(=O)C(C)=C2.COc1ccc2c(c1)CC(=O)C(C=O)=C2.COc1ccc2cc(C=O)c(Cl)nc2c1.COc1cccc(CC(C)=O)c1.COc1cccc(N)c1. The number of anilines is 1. The van der Waals surface area contributed by atoms with Gasteiger partial charge in [0.25, 0.3) is 0 Å². The second-order valence-corrected chi connectivity index (χ2v) is 19.3. The van der Waals surface area contributed by atoms with Crippen LogP contribution in [-0.2, 0) is 49.7 Å². The van der Waals surface area contributed by atoms with Crippen molar-refractivity contribution < 1.29 is 57.2 Å². The molecule has 1 aromatic heterocycles. The minimum atomic E-state index is -0.134. The minimum Gasteiger partial charge on any atom is -0.497 e. The van der Waals surface area contributed by atoms with E-state index in [0.717, 1.165) is 94.4 Å². The van der Waals surface area contributed by atoms with E-state index in [1.165, 1.54) is 0 Å². The van der Waals surface area contributed by atoms with Crippen LogP contribution in [0.2, 0.25) is 5.15 Å². The summed E-state index contributed by atoms with van der Waals surface area (Å²) in [6, 6.07) is 37.2. The summed E-state index contributed by atoms with van der Waals surface area (Å²) in [5.74, 6) is 5.05. The van der Waals surface area contributed by atoms with Crippen LogP contribution in [0.3, 0.4) is 0 Å². The van der Waals surface area contributed by atoms with E-state index < -0.39 is 0 Å². The van der Waals surface area contributed by atoms with Gasteiger partial charge in [0.1, 0.15) is 45.4 Å². The third kappa shape index (κ3) is 17.9. The first-order valence-corrected chi connectivity index (χ1v) is 26.0. The first-order valence-electron chi connectivity index (χ1n) is 24.8. The molecule has 0 aliphatic heterocycles. The van der Waals surface area contributed by atoms with Crippen molar-refractivity contribution in [3.05, 3.63) is 192 Å². The summed E-state index contributed by atoms with van der Waals surface area (Å²) in [5, 5.41) is 1.08. The second-order valence-electron chi connectivity index (χ2n) is 18.0. The van der Waals surface area contributed by atoms with E-state index in [-0.39, 0.29) is 40.3 Å². The van der Waals surface area contributed by atoms with Crippen LogP contribution in [0, 0.1) is 0 Å². The largest absolute Gasteiger partial charge is 0.497 e. The lowest BCUT2D eigenvalue weighted by Crippen LogP contribution is -2.13. The second kappa shape index (κ2) is 30.5. The summed E-state index contributed by atoms with van der Waals surface area (Å²) in [6.45, 7) is 5.29. The van der Waals surface area contributed by atoms with Gasteiger partial charge in [0.2, 0.25) is 0 Å². The van der Waals surface area contributed by atoms with Crippen LogP contribution in [0.5, 0.6) is 34.5 Å². The van der Waals surface area contributed by atoms with Gasteiger partial charge in [-0.1, -0.05) is 41.9 Å². The van der Waals surface area contributed by atoms with E-state index in [9.17, 15) is 28.8 Å². The number of halogens is 2. The average molecular weight is 1170 g/mol. The average Bonchev–Trinajstić information content (AvgIpc) is 3.45. The molecule has 0 saturated carbocycles. The van der Waals surface area contributed by atoms with E-state index in [1.54, 1.807) is 73.9 Å². The Morgan fingerprint density at radius 3 is 1.60 bits per heavy atom. The molecule has 80 heavy (non-hydrogen) atoms. The fraction of sp³-hybridized carbons (Fsp3) is 0.203. The first-order chi connectivity index (χ1) is 38.3. The Hall–Kier alpha value is -8.66. The molecule has 7 aromatic rings. The van der Waals surface area contributed by atoms with Crippen LogP contribution in [0.4, 0.5) is 5.69 Å². The van der Waals surface area contributed by atoms with Crippen LogP contribution >= 0.6 is 27.5 Å². The molecule has 0 saturated heterocycles. The highest BCUT2D eigenvalue weighted by Gasteiger charge is 2.20. The third-order valence-corrected chi connectivity index (χ3v) is 13.3. The van der Waals surface area contributed by atoms with Gasteiger partial charge in [0, 0.05) is 48.9 Å². The Morgan fingerprint density at radius 2 is 1.07 bits per heavy atom. The van der Waals surface area contributed by atoms with Gasteiger partial charge in [0.05, 0.1) is 63.8 Å². The topological polar surface area (TPSA) is 197 Å². The van der Waals surface area contributed by atoms with Crippen molar-refractivity contribution in [3.63, 3.8) is 0 Å². The van der Waals surface area contributed by atoms with Crippen LogP contribution in [0.1, 0.15) is 70.1 Å². The number of nitrogens with two attached hydrogens (primary N) is 1. The van der Waals surface area contributed by atoms with E-state index in [1.807, 2.05) is 129 Å². The van der Waals surface area contributed by atoms with Crippen molar-refractivity contribution in [2.45, 2.75) is 46.5 Å². The number of aldehydes is 2. The lowest BCUT2D eigenvalue weighted by molar-refractivity contribution is -0.118. The maximum absolute atomic E-state index is 11.5. The highest BCUT2D eigenvalue weighted by Crippen LogP contribution is 2.33. The molecule has 0 atom stereocenters. The van der Waals surface area contributed by atoms with E-state index in [0.29, 0.717) is 48.7 Å². The number of nitrogen functional groups attached to an aromatic ring is 1. The molecule has 0 amide bonds. The minimum absolute atomic E-state index is 0.134. The number of pyridine rings is 1. The number of allylic oxidation sites excluding steroid dienone is 3. The zero-order chi connectivity index (χ0) is 58.5. The number of nitrogens with zero attached hydrogens (tertiary/aromatic N) is 1. The first kappa shape index (κ1) is 62.2. The summed E-state index contributed by atoms with van der Waals surface area (Å²) in [6.07, 6.45) is 8.50. The number of methoxy groups -OCH3 is 6. The van der Waals surface area contributed by atoms with E-state index in [2.05, 4.69) is 20.9 Å². The number of ketones is 4. The van der Waals surface area contributed by atoms with Crippen LogP contribution in [-0.4, -0.2) is 83.3 Å². The van der Waals surface area contributed by atoms with Gasteiger partial charge in [-0.3, -0.25) is 28.8 Å². The van der Waals surface area contributed by atoms with E-state index >= 15 is 0 Å². The van der Waals surface area contributed by atoms with E-state index in [4.69, 9.17) is 45.8 Å². The highest BCUT2D eigenvalue weighted by molar-refractivity contribution is 9.10. The Bertz CT molecular complexity index is 3510. The molecule has 1 heterocycles. The number of carbonyl (C=O) groups is 6. The number of ether oxygens (including phenoxy) is 6. The van der Waals surface area contributed by atoms with Gasteiger partial charge < -0.3 is 34.2 Å². The Morgan fingerprint density at radius 1 is 0.575 bits per heavy atom. The molecule has 414 valence electrons. The molecule has 2 N–H and O–H groups in total.